The minimum atomic E-state index is -0.487. The van der Waals surface area contributed by atoms with Gasteiger partial charge in [-0.25, -0.2) is 4.79 Å². The van der Waals surface area contributed by atoms with Gasteiger partial charge in [0.25, 0.3) is 0 Å². The number of ether oxygens (including phenoxy) is 5. The molecule has 44 heavy (non-hydrogen) atoms. The second-order valence-electron chi connectivity index (χ2n) is 13.6. The van der Waals surface area contributed by atoms with Crippen molar-refractivity contribution in [2.75, 3.05) is 53.4 Å². The summed E-state index contributed by atoms with van der Waals surface area (Å²) in [4.78, 5) is 13.3. The van der Waals surface area contributed by atoms with E-state index < -0.39 is 11.4 Å². The summed E-state index contributed by atoms with van der Waals surface area (Å²) in [6.07, 6.45) is 0. The van der Waals surface area contributed by atoms with Crippen molar-refractivity contribution in [1.29, 1.82) is 0 Å². The Hall–Kier alpha value is -3.19. The summed E-state index contributed by atoms with van der Waals surface area (Å²) in [5.74, 6) is 0.0896. The Labute approximate surface area is 264 Å². The Morgan fingerprint density at radius 2 is 1.23 bits per heavy atom. The first kappa shape index (κ1) is 33.7. The molecule has 1 aliphatic carbocycles. The fourth-order valence-electron chi connectivity index (χ4n) is 5.78. The normalized spacial score (nSPS) is 13.8. The highest BCUT2D eigenvalue weighted by Gasteiger charge is 2.42. The van der Waals surface area contributed by atoms with Crippen LogP contribution in [0.4, 0.5) is 0 Å². The monoisotopic (exact) mass is 602 g/mol. The molecule has 1 aliphatic rings. The van der Waals surface area contributed by atoms with Crippen molar-refractivity contribution in [2.24, 2.45) is 0 Å². The largest absolute Gasteiger partial charge is 0.490 e. The van der Waals surface area contributed by atoms with E-state index in [1.165, 1.54) is 33.4 Å². The predicted molar refractivity (Wildman–Crippen MR) is 176 cm³/mol. The maximum Gasteiger partial charge on any atom is 0.341 e. The van der Waals surface area contributed by atoms with Crippen LogP contribution in [-0.2, 0) is 35.2 Å². The molecule has 0 spiro atoms. The van der Waals surface area contributed by atoms with E-state index in [2.05, 4.69) is 90.9 Å². The quantitative estimate of drug-likeness (QED) is 0.147. The molecule has 0 bridgehead atoms. The van der Waals surface area contributed by atoms with Crippen LogP contribution in [0.3, 0.4) is 0 Å². The Morgan fingerprint density at radius 3 is 1.73 bits per heavy atom. The Kier molecular flexibility index (Phi) is 10.6. The molecule has 6 nitrogen and oxygen atoms in total. The van der Waals surface area contributed by atoms with E-state index in [9.17, 15) is 4.79 Å². The molecule has 0 saturated carbocycles. The van der Waals surface area contributed by atoms with Crippen LogP contribution in [0.15, 0.2) is 54.6 Å². The SMILES string of the molecule is CCOC(=O)c1cc(C2(C)c3cc(C(C)(C)C)ccc3-c3ccc(C(C)(C)C)cc32)ccc1OCCOCCOCCOC. The van der Waals surface area contributed by atoms with Crippen LogP contribution in [0.5, 0.6) is 5.75 Å². The Morgan fingerprint density at radius 1 is 0.705 bits per heavy atom. The van der Waals surface area contributed by atoms with E-state index in [0.717, 1.165) is 5.56 Å². The highest BCUT2D eigenvalue weighted by atomic mass is 16.6. The van der Waals surface area contributed by atoms with E-state index in [0.29, 0.717) is 51.0 Å². The van der Waals surface area contributed by atoms with Gasteiger partial charge in [-0.05, 0) is 75.8 Å². The van der Waals surface area contributed by atoms with Crippen molar-refractivity contribution in [3.8, 4) is 16.9 Å². The third-order valence-corrected chi connectivity index (χ3v) is 8.48. The van der Waals surface area contributed by atoms with E-state index in [1.54, 1.807) is 7.11 Å². The summed E-state index contributed by atoms with van der Waals surface area (Å²) in [7, 11) is 1.64. The molecule has 0 amide bonds. The fraction of sp³-hybridized carbons (Fsp3) is 0.500. The third kappa shape index (κ3) is 7.20. The Balaban J connectivity index is 1.72. The molecule has 0 aromatic heterocycles. The molecular formula is C38H50O6. The van der Waals surface area contributed by atoms with Crippen LogP contribution in [0.2, 0.25) is 0 Å². The lowest BCUT2D eigenvalue weighted by atomic mass is 9.71. The van der Waals surface area contributed by atoms with Crippen molar-refractivity contribution in [3.63, 3.8) is 0 Å². The maximum absolute atomic E-state index is 13.3. The smallest absolute Gasteiger partial charge is 0.341 e. The maximum atomic E-state index is 13.3. The number of hydrogen-bond acceptors (Lipinski definition) is 6. The lowest BCUT2D eigenvalue weighted by molar-refractivity contribution is 0.0178. The number of benzene rings is 3. The van der Waals surface area contributed by atoms with Gasteiger partial charge in [-0.15, -0.1) is 0 Å². The second-order valence-corrected chi connectivity index (χ2v) is 13.6. The molecule has 0 aliphatic heterocycles. The number of esters is 1. The van der Waals surface area contributed by atoms with Crippen LogP contribution in [0, 0.1) is 0 Å². The first-order chi connectivity index (χ1) is 20.8. The number of carbonyl (C=O) groups excluding carboxylic acids is 1. The van der Waals surface area contributed by atoms with Gasteiger partial charge in [0.15, 0.2) is 0 Å². The molecule has 0 atom stereocenters. The lowest BCUT2D eigenvalue weighted by Gasteiger charge is -2.31. The van der Waals surface area contributed by atoms with Gasteiger partial charge in [-0.3, -0.25) is 0 Å². The molecule has 6 heteroatoms. The molecule has 0 radical (unpaired) electrons. The highest BCUT2D eigenvalue weighted by molar-refractivity contribution is 5.93. The van der Waals surface area contributed by atoms with Crippen LogP contribution in [0.1, 0.15) is 93.6 Å². The fourth-order valence-corrected chi connectivity index (χ4v) is 5.78. The van der Waals surface area contributed by atoms with Crippen molar-refractivity contribution >= 4 is 5.97 Å². The van der Waals surface area contributed by atoms with Gasteiger partial charge in [-0.1, -0.05) is 84.0 Å². The van der Waals surface area contributed by atoms with Gasteiger partial charge in [0, 0.05) is 12.5 Å². The van der Waals surface area contributed by atoms with Gasteiger partial charge in [0.2, 0.25) is 0 Å². The molecule has 0 saturated heterocycles. The van der Waals surface area contributed by atoms with Gasteiger partial charge in [0.1, 0.15) is 17.9 Å². The summed E-state index contributed by atoms with van der Waals surface area (Å²) < 4.78 is 27.6. The molecule has 4 rings (SSSR count). The molecule has 0 N–H and O–H groups in total. The van der Waals surface area contributed by atoms with Crippen LogP contribution in [-0.4, -0.2) is 59.3 Å². The number of fused-ring (bicyclic) bond motifs is 3. The molecular weight excluding hydrogens is 552 g/mol. The number of rotatable bonds is 13. The van der Waals surface area contributed by atoms with Gasteiger partial charge in [0.05, 0.1) is 39.6 Å². The average Bonchev–Trinajstić information content (AvgIpc) is 3.23. The van der Waals surface area contributed by atoms with Crippen LogP contribution < -0.4 is 4.74 Å². The summed E-state index contributed by atoms with van der Waals surface area (Å²) in [5.41, 5.74) is 8.46. The van der Waals surface area contributed by atoms with Crippen molar-refractivity contribution in [1.82, 2.24) is 0 Å². The van der Waals surface area contributed by atoms with E-state index in [4.69, 9.17) is 23.7 Å². The van der Waals surface area contributed by atoms with Gasteiger partial charge in [-0.2, -0.15) is 0 Å². The molecule has 0 fully saturated rings. The minimum absolute atomic E-state index is 0.00675. The summed E-state index contributed by atoms with van der Waals surface area (Å²) in [6, 6.07) is 19.7. The summed E-state index contributed by atoms with van der Waals surface area (Å²) in [6.45, 7) is 20.6. The summed E-state index contributed by atoms with van der Waals surface area (Å²) in [5, 5.41) is 0. The zero-order valence-corrected chi connectivity index (χ0v) is 28.1. The first-order valence-electron chi connectivity index (χ1n) is 15.7. The second kappa shape index (κ2) is 13.8. The topological polar surface area (TPSA) is 63.2 Å². The number of methoxy groups -OCH3 is 1. The first-order valence-corrected chi connectivity index (χ1v) is 15.7. The molecule has 3 aromatic carbocycles. The van der Waals surface area contributed by atoms with Crippen LogP contribution in [0.25, 0.3) is 11.1 Å². The van der Waals surface area contributed by atoms with Gasteiger partial charge >= 0.3 is 5.97 Å². The van der Waals surface area contributed by atoms with Crippen molar-refractivity contribution in [2.45, 2.75) is 71.6 Å². The van der Waals surface area contributed by atoms with E-state index in [1.807, 2.05) is 19.1 Å². The molecule has 238 valence electrons. The molecule has 0 heterocycles. The molecule has 0 unspecified atom stereocenters. The van der Waals surface area contributed by atoms with Crippen LogP contribution >= 0.6 is 0 Å². The third-order valence-electron chi connectivity index (χ3n) is 8.48. The standard InChI is InChI=1S/C38H50O6/c1-10-43-35(39)31-23-28(13-16-34(31)44-22-21-42-20-19-41-18-17-40-9)38(8)32-24-26(36(2,3)4)11-14-29(32)30-15-12-27(25-33(30)38)37(5,6)7/h11-16,23-25H,10,17-22H2,1-9H3. The lowest BCUT2D eigenvalue weighted by Crippen LogP contribution is -2.25. The van der Waals surface area contributed by atoms with Crippen molar-refractivity contribution in [3.05, 3.63) is 88.0 Å². The Bertz CT molecular complexity index is 1380. The predicted octanol–water partition coefficient (Wildman–Crippen LogP) is 7.85. The zero-order valence-electron chi connectivity index (χ0n) is 28.1. The van der Waals surface area contributed by atoms with E-state index in [-0.39, 0.29) is 17.4 Å². The number of carbonyl (C=O) groups is 1. The molecule has 3 aromatic rings. The highest BCUT2D eigenvalue weighted by Crippen LogP contribution is 2.54. The van der Waals surface area contributed by atoms with Gasteiger partial charge < -0.3 is 23.7 Å². The minimum Gasteiger partial charge on any atom is -0.490 e. The van der Waals surface area contributed by atoms with E-state index >= 15 is 0 Å². The number of hydrogen-bond donors (Lipinski definition) is 0. The van der Waals surface area contributed by atoms with Crippen molar-refractivity contribution < 1.29 is 28.5 Å². The summed E-state index contributed by atoms with van der Waals surface area (Å²) >= 11 is 0. The zero-order chi connectivity index (χ0) is 32.1. The average molecular weight is 603 g/mol.